The average Bonchev–Trinajstić information content (AvgIpc) is 2.85. The Kier molecular flexibility index (Phi) is 7.11. The van der Waals surface area contributed by atoms with Crippen LogP contribution in [0.4, 0.5) is 5.69 Å². The highest BCUT2D eigenvalue weighted by Crippen LogP contribution is 2.24. The van der Waals surface area contributed by atoms with Crippen molar-refractivity contribution in [2.75, 3.05) is 38.1 Å². The Balaban J connectivity index is 1.44. The number of hydrogen-bond acceptors (Lipinski definition) is 4. The first kappa shape index (κ1) is 23.0. The van der Waals surface area contributed by atoms with Gasteiger partial charge < -0.3 is 20.2 Å². The lowest BCUT2D eigenvalue weighted by Gasteiger charge is -2.34. The van der Waals surface area contributed by atoms with E-state index in [1.54, 1.807) is 0 Å². The van der Waals surface area contributed by atoms with Crippen molar-refractivity contribution in [3.05, 3.63) is 89.0 Å². The number of aliphatic hydroxyl groups is 1. The van der Waals surface area contributed by atoms with Crippen molar-refractivity contribution in [1.82, 2.24) is 10.2 Å². The molecule has 0 saturated carbocycles. The van der Waals surface area contributed by atoms with E-state index in [0.29, 0.717) is 0 Å². The maximum Gasteiger partial charge on any atom is 0.252 e. The zero-order valence-electron chi connectivity index (χ0n) is 19.7. The van der Waals surface area contributed by atoms with Gasteiger partial charge in [-0.25, -0.2) is 0 Å². The number of carbonyl (C=O) groups excluding carboxylic acids is 1. The highest BCUT2D eigenvalue weighted by atomic mass is 16.3. The standard InChI is InChI=1S/C28H33N3O2/c1-20-4-13-26(31-16-14-30(3)15-17-31)18-27(20)28(33)29-21(2)23-9-11-25(12-10-23)24-7-5-22(19-32)6-8-24/h4-13,18,21,32H,14-17,19H2,1-3H3,(H,29,33). The fraction of sp³-hybridized carbons (Fsp3) is 0.321. The van der Waals surface area contributed by atoms with Crippen molar-refractivity contribution in [3.63, 3.8) is 0 Å². The van der Waals surface area contributed by atoms with E-state index in [9.17, 15) is 9.90 Å². The molecule has 1 fully saturated rings. The van der Waals surface area contributed by atoms with Crippen LogP contribution in [-0.4, -0.2) is 49.1 Å². The number of rotatable bonds is 6. The summed E-state index contributed by atoms with van der Waals surface area (Å²) in [6, 6.07) is 22.3. The molecule has 1 unspecified atom stereocenters. The van der Waals surface area contributed by atoms with Gasteiger partial charge in [-0.3, -0.25) is 4.79 Å². The molecule has 1 amide bonds. The summed E-state index contributed by atoms with van der Waals surface area (Å²) in [6.45, 7) is 8.08. The summed E-state index contributed by atoms with van der Waals surface area (Å²) in [4.78, 5) is 17.8. The van der Waals surface area contributed by atoms with Crippen LogP contribution < -0.4 is 10.2 Å². The van der Waals surface area contributed by atoms with E-state index >= 15 is 0 Å². The van der Waals surface area contributed by atoms with E-state index in [4.69, 9.17) is 0 Å². The Hall–Kier alpha value is -3.15. The highest BCUT2D eigenvalue weighted by Gasteiger charge is 2.18. The van der Waals surface area contributed by atoms with Gasteiger partial charge in [-0.1, -0.05) is 54.6 Å². The fourth-order valence-corrected chi connectivity index (χ4v) is 4.24. The number of likely N-dealkylation sites (N-methyl/N-ethyl adjacent to an activating group) is 1. The van der Waals surface area contributed by atoms with Gasteiger partial charge in [-0.2, -0.15) is 0 Å². The Bertz CT molecular complexity index is 1090. The summed E-state index contributed by atoms with van der Waals surface area (Å²) in [6.07, 6.45) is 0. The van der Waals surface area contributed by atoms with Crippen LogP contribution in [0.2, 0.25) is 0 Å². The number of nitrogens with one attached hydrogen (secondary N) is 1. The van der Waals surface area contributed by atoms with Crippen molar-refractivity contribution in [2.45, 2.75) is 26.5 Å². The van der Waals surface area contributed by atoms with Crippen LogP contribution in [0.1, 0.15) is 40.0 Å². The second-order valence-corrected chi connectivity index (χ2v) is 8.96. The Morgan fingerprint density at radius 1 is 0.939 bits per heavy atom. The first-order chi connectivity index (χ1) is 15.9. The predicted octanol–water partition coefficient (Wildman–Crippen LogP) is 4.40. The van der Waals surface area contributed by atoms with Crippen LogP contribution in [-0.2, 0) is 6.61 Å². The molecule has 5 heteroatoms. The zero-order chi connectivity index (χ0) is 23.4. The Morgan fingerprint density at radius 2 is 1.55 bits per heavy atom. The van der Waals surface area contributed by atoms with E-state index in [-0.39, 0.29) is 18.6 Å². The molecule has 0 aromatic heterocycles. The molecule has 1 aliphatic rings. The van der Waals surface area contributed by atoms with E-state index in [1.165, 1.54) is 0 Å². The van der Waals surface area contributed by atoms with Gasteiger partial charge in [0, 0.05) is 37.4 Å². The first-order valence-electron chi connectivity index (χ1n) is 11.6. The molecule has 0 radical (unpaired) electrons. The number of piperazine rings is 1. The van der Waals surface area contributed by atoms with Crippen molar-refractivity contribution in [2.24, 2.45) is 0 Å². The largest absolute Gasteiger partial charge is 0.392 e. The van der Waals surface area contributed by atoms with E-state index < -0.39 is 0 Å². The summed E-state index contributed by atoms with van der Waals surface area (Å²) in [7, 11) is 2.15. The fourth-order valence-electron chi connectivity index (χ4n) is 4.24. The maximum atomic E-state index is 13.1. The normalized spacial score (nSPS) is 15.3. The van der Waals surface area contributed by atoms with Crippen LogP contribution in [0.3, 0.4) is 0 Å². The lowest BCUT2D eigenvalue weighted by Crippen LogP contribution is -2.44. The number of aliphatic hydroxyl groups excluding tert-OH is 1. The van der Waals surface area contributed by atoms with Gasteiger partial charge in [0.1, 0.15) is 0 Å². The van der Waals surface area contributed by atoms with Gasteiger partial charge in [0.2, 0.25) is 0 Å². The van der Waals surface area contributed by atoms with Gasteiger partial charge in [0.05, 0.1) is 12.6 Å². The number of amides is 1. The third kappa shape index (κ3) is 5.44. The number of carbonyl (C=O) groups is 1. The third-order valence-electron chi connectivity index (χ3n) is 6.56. The SMILES string of the molecule is Cc1ccc(N2CCN(C)CC2)cc1C(=O)NC(C)c1ccc(-c2ccc(CO)cc2)cc1. The lowest BCUT2D eigenvalue weighted by atomic mass is 10.00. The molecule has 1 heterocycles. The molecule has 4 rings (SSSR count). The number of benzene rings is 3. The van der Waals surface area contributed by atoms with Crippen LogP contribution in [0.25, 0.3) is 11.1 Å². The summed E-state index contributed by atoms with van der Waals surface area (Å²) >= 11 is 0. The minimum Gasteiger partial charge on any atom is -0.392 e. The van der Waals surface area contributed by atoms with Crippen molar-refractivity contribution >= 4 is 11.6 Å². The molecule has 1 saturated heterocycles. The monoisotopic (exact) mass is 443 g/mol. The minimum atomic E-state index is -0.102. The molecule has 5 nitrogen and oxygen atoms in total. The van der Waals surface area contributed by atoms with Crippen LogP contribution in [0, 0.1) is 6.92 Å². The first-order valence-corrected chi connectivity index (χ1v) is 11.6. The van der Waals surface area contributed by atoms with Crippen LogP contribution in [0.15, 0.2) is 66.7 Å². The second-order valence-electron chi connectivity index (χ2n) is 8.96. The summed E-state index contributed by atoms with van der Waals surface area (Å²) in [5, 5.41) is 12.4. The van der Waals surface area contributed by atoms with Gasteiger partial charge >= 0.3 is 0 Å². The molecule has 0 bridgehead atoms. The second kappa shape index (κ2) is 10.2. The molecule has 1 aliphatic heterocycles. The Morgan fingerprint density at radius 3 is 2.15 bits per heavy atom. The summed E-state index contributed by atoms with van der Waals surface area (Å²) in [5.41, 5.74) is 7.01. The molecular formula is C28H33N3O2. The lowest BCUT2D eigenvalue weighted by molar-refractivity contribution is 0.0939. The predicted molar refractivity (Wildman–Crippen MR) is 135 cm³/mol. The van der Waals surface area contributed by atoms with E-state index in [2.05, 4.69) is 52.5 Å². The average molecular weight is 444 g/mol. The smallest absolute Gasteiger partial charge is 0.252 e. The number of aryl methyl sites for hydroxylation is 1. The van der Waals surface area contributed by atoms with Crippen molar-refractivity contribution in [1.29, 1.82) is 0 Å². The molecule has 33 heavy (non-hydrogen) atoms. The zero-order valence-corrected chi connectivity index (χ0v) is 19.7. The van der Waals surface area contributed by atoms with E-state index in [0.717, 1.165) is 65.2 Å². The molecule has 0 aliphatic carbocycles. The van der Waals surface area contributed by atoms with Gasteiger partial charge in [0.15, 0.2) is 0 Å². The number of nitrogens with zero attached hydrogens (tertiary/aromatic N) is 2. The molecule has 1 atom stereocenters. The molecule has 2 N–H and O–H groups in total. The molecule has 172 valence electrons. The van der Waals surface area contributed by atoms with Gasteiger partial charge in [0.25, 0.3) is 5.91 Å². The summed E-state index contributed by atoms with van der Waals surface area (Å²) in [5.74, 6) is -0.0420. The number of hydrogen-bond donors (Lipinski definition) is 2. The van der Waals surface area contributed by atoms with E-state index in [1.807, 2.05) is 50.2 Å². The molecule has 3 aromatic carbocycles. The molecular weight excluding hydrogens is 410 g/mol. The quantitative estimate of drug-likeness (QED) is 0.593. The highest BCUT2D eigenvalue weighted by molar-refractivity contribution is 5.96. The van der Waals surface area contributed by atoms with Crippen LogP contribution in [0.5, 0.6) is 0 Å². The topological polar surface area (TPSA) is 55.8 Å². The van der Waals surface area contributed by atoms with Gasteiger partial charge in [-0.15, -0.1) is 0 Å². The molecule has 3 aromatic rings. The van der Waals surface area contributed by atoms with Crippen molar-refractivity contribution in [3.8, 4) is 11.1 Å². The number of anilines is 1. The van der Waals surface area contributed by atoms with Crippen LogP contribution >= 0.6 is 0 Å². The third-order valence-corrected chi connectivity index (χ3v) is 6.56. The Labute approximate surface area is 196 Å². The maximum absolute atomic E-state index is 13.1. The molecule has 0 spiro atoms. The van der Waals surface area contributed by atoms with Gasteiger partial charge in [-0.05, 0) is 60.8 Å². The minimum absolute atomic E-state index is 0.0420. The summed E-state index contributed by atoms with van der Waals surface area (Å²) < 4.78 is 0. The van der Waals surface area contributed by atoms with Crippen molar-refractivity contribution < 1.29 is 9.90 Å².